The Morgan fingerprint density at radius 1 is 1.32 bits per heavy atom. The number of hydrogen-bond acceptors (Lipinski definition) is 6. The number of rotatable bonds is 5. The average Bonchev–Trinajstić information content (AvgIpc) is 3.37. The van der Waals surface area contributed by atoms with Gasteiger partial charge >= 0.3 is 0 Å². The third kappa shape index (κ3) is 4.39. The smallest absolute Gasteiger partial charge is 0.252 e. The van der Waals surface area contributed by atoms with E-state index in [2.05, 4.69) is 21.5 Å². The molecule has 158 valence electrons. The number of aryl methyl sites for hydroxylation is 2. The predicted molar refractivity (Wildman–Crippen MR) is 118 cm³/mol. The Bertz CT molecular complexity index is 1200. The van der Waals surface area contributed by atoms with E-state index in [1.165, 1.54) is 16.7 Å². The van der Waals surface area contributed by atoms with E-state index in [9.17, 15) is 9.59 Å². The van der Waals surface area contributed by atoms with E-state index in [1.807, 2.05) is 42.9 Å². The summed E-state index contributed by atoms with van der Waals surface area (Å²) in [6, 6.07) is 11.2. The van der Waals surface area contributed by atoms with E-state index in [1.54, 1.807) is 12.3 Å². The third-order valence-corrected chi connectivity index (χ3v) is 6.30. The fraction of sp³-hybridized carbons (Fsp3) is 0.318. The zero-order valence-corrected chi connectivity index (χ0v) is 18.1. The number of amides is 2. The van der Waals surface area contributed by atoms with Crippen LogP contribution in [-0.2, 0) is 18.3 Å². The zero-order valence-electron chi connectivity index (χ0n) is 17.3. The number of pyridine rings is 1. The van der Waals surface area contributed by atoms with E-state index in [4.69, 9.17) is 5.26 Å². The fourth-order valence-corrected chi connectivity index (χ4v) is 4.79. The second-order valence-electron chi connectivity index (χ2n) is 7.48. The standard InChI is InChI=1S/C22H22N6O2S/c1-14-7-16(27(2)26-14)8-15-3-4-20-19(9-15)18(5-6-24-20)22(30)25-11-21(29)28-13-31-12-17(28)10-23/h3-7,9,17H,8,11-13H2,1-2H3,(H,25,30). The molecule has 1 atom stereocenters. The number of benzene rings is 1. The first kappa shape index (κ1) is 20.9. The van der Waals surface area contributed by atoms with Crippen molar-refractivity contribution < 1.29 is 9.59 Å². The Labute approximate surface area is 184 Å². The van der Waals surface area contributed by atoms with Crippen LogP contribution in [-0.4, -0.2) is 55.7 Å². The highest BCUT2D eigenvalue weighted by Crippen LogP contribution is 2.22. The molecule has 2 amide bonds. The topological polar surface area (TPSA) is 104 Å². The van der Waals surface area contributed by atoms with Gasteiger partial charge in [-0.1, -0.05) is 6.07 Å². The van der Waals surface area contributed by atoms with E-state index >= 15 is 0 Å². The van der Waals surface area contributed by atoms with E-state index in [-0.39, 0.29) is 18.4 Å². The molecule has 2 aromatic heterocycles. The lowest BCUT2D eigenvalue weighted by atomic mass is 10.0. The summed E-state index contributed by atoms with van der Waals surface area (Å²) < 4.78 is 1.85. The Kier molecular flexibility index (Phi) is 5.91. The lowest BCUT2D eigenvalue weighted by molar-refractivity contribution is -0.129. The molecular weight excluding hydrogens is 412 g/mol. The zero-order chi connectivity index (χ0) is 22.0. The average molecular weight is 435 g/mol. The molecule has 1 saturated heterocycles. The number of nitrogens with zero attached hydrogens (tertiary/aromatic N) is 5. The van der Waals surface area contributed by atoms with Gasteiger partial charge in [0.05, 0.1) is 35.3 Å². The molecule has 1 aliphatic rings. The second-order valence-corrected chi connectivity index (χ2v) is 8.48. The van der Waals surface area contributed by atoms with Gasteiger partial charge in [0, 0.05) is 36.5 Å². The van der Waals surface area contributed by atoms with Gasteiger partial charge < -0.3 is 10.2 Å². The molecule has 1 aliphatic heterocycles. The maximum absolute atomic E-state index is 12.9. The number of carbonyl (C=O) groups is 2. The molecule has 0 aliphatic carbocycles. The molecule has 0 radical (unpaired) electrons. The third-order valence-electron chi connectivity index (χ3n) is 5.29. The summed E-state index contributed by atoms with van der Waals surface area (Å²) in [5.74, 6) is 0.483. The summed E-state index contributed by atoms with van der Waals surface area (Å²) in [6.45, 7) is 1.81. The lowest BCUT2D eigenvalue weighted by Crippen LogP contribution is -2.42. The molecule has 3 heterocycles. The van der Waals surface area contributed by atoms with Gasteiger partial charge in [-0.2, -0.15) is 10.4 Å². The first-order valence-corrected chi connectivity index (χ1v) is 11.0. The molecule has 0 saturated carbocycles. The van der Waals surface area contributed by atoms with Crippen LogP contribution < -0.4 is 5.32 Å². The number of thioether (sulfide) groups is 1. The normalized spacial score (nSPS) is 15.8. The molecular formula is C22H22N6O2S. The predicted octanol–water partition coefficient (Wildman–Crippen LogP) is 2.02. The highest BCUT2D eigenvalue weighted by molar-refractivity contribution is 7.99. The van der Waals surface area contributed by atoms with Gasteiger partial charge in [-0.25, -0.2) is 0 Å². The summed E-state index contributed by atoms with van der Waals surface area (Å²) in [6.07, 6.45) is 2.27. The van der Waals surface area contributed by atoms with Gasteiger partial charge in [0.15, 0.2) is 0 Å². The first-order valence-electron chi connectivity index (χ1n) is 9.88. The first-order chi connectivity index (χ1) is 15.0. The molecule has 3 aromatic rings. The minimum atomic E-state index is -0.436. The van der Waals surface area contributed by atoms with Crippen LogP contribution in [0, 0.1) is 18.3 Å². The molecule has 1 fully saturated rings. The molecule has 1 N–H and O–H groups in total. The summed E-state index contributed by atoms with van der Waals surface area (Å²) in [5, 5.41) is 17.0. The fourth-order valence-electron chi connectivity index (χ4n) is 3.69. The number of aromatic nitrogens is 3. The number of nitrogens with one attached hydrogen (secondary N) is 1. The molecule has 9 heteroatoms. The van der Waals surface area contributed by atoms with Crippen molar-refractivity contribution in [2.75, 3.05) is 18.2 Å². The van der Waals surface area contributed by atoms with Crippen molar-refractivity contribution in [2.24, 2.45) is 7.05 Å². The van der Waals surface area contributed by atoms with Crippen molar-refractivity contribution in [2.45, 2.75) is 19.4 Å². The minimum Gasteiger partial charge on any atom is -0.343 e. The van der Waals surface area contributed by atoms with Crippen molar-refractivity contribution in [1.29, 1.82) is 5.26 Å². The summed E-state index contributed by atoms with van der Waals surface area (Å²) in [7, 11) is 1.91. The van der Waals surface area contributed by atoms with Crippen LogP contribution in [0.5, 0.6) is 0 Å². The van der Waals surface area contributed by atoms with E-state index in [0.717, 1.165) is 22.3 Å². The highest BCUT2D eigenvalue weighted by atomic mass is 32.2. The number of nitriles is 1. The van der Waals surface area contributed by atoms with Crippen LogP contribution >= 0.6 is 11.8 Å². The Morgan fingerprint density at radius 3 is 2.90 bits per heavy atom. The number of hydrogen-bond donors (Lipinski definition) is 1. The molecule has 0 spiro atoms. The van der Waals surface area contributed by atoms with Gasteiger partial charge in [0.1, 0.15) is 6.04 Å². The molecule has 1 unspecified atom stereocenters. The molecule has 8 nitrogen and oxygen atoms in total. The summed E-state index contributed by atoms with van der Waals surface area (Å²) in [5.41, 5.74) is 4.25. The Morgan fingerprint density at radius 2 is 2.16 bits per heavy atom. The van der Waals surface area contributed by atoms with Crippen LogP contribution in [0.15, 0.2) is 36.5 Å². The molecule has 1 aromatic carbocycles. The van der Waals surface area contributed by atoms with Crippen LogP contribution in [0.4, 0.5) is 0 Å². The number of fused-ring (bicyclic) bond motifs is 1. The van der Waals surface area contributed by atoms with Gasteiger partial charge in [-0.3, -0.25) is 19.3 Å². The van der Waals surface area contributed by atoms with Crippen molar-refractivity contribution in [3.63, 3.8) is 0 Å². The van der Waals surface area contributed by atoms with Crippen LogP contribution in [0.2, 0.25) is 0 Å². The molecule has 31 heavy (non-hydrogen) atoms. The Balaban J connectivity index is 1.52. The molecule has 0 bridgehead atoms. The SMILES string of the molecule is Cc1cc(Cc2ccc3nccc(C(=O)NCC(=O)N4CSCC4C#N)c3c2)n(C)n1. The van der Waals surface area contributed by atoms with Crippen molar-refractivity contribution in [3.8, 4) is 6.07 Å². The van der Waals surface area contributed by atoms with E-state index < -0.39 is 6.04 Å². The highest BCUT2D eigenvalue weighted by Gasteiger charge is 2.29. The number of carbonyl (C=O) groups excluding carboxylic acids is 2. The van der Waals surface area contributed by atoms with Gasteiger partial charge in [0.25, 0.3) is 5.91 Å². The lowest BCUT2D eigenvalue weighted by Gasteiger charge is -2.18. The maximum Gasteiger partial charge on any atom is 0.252 e. The maximum atomic E-state index is 12.9. The van der Waals surface area contributed by atoms with Gasteiger partial charge in [-0.05, 0) is 36.8 Å². The van der Waals surface area contributed by atoms with Crippen LogP contribution in [0.3, 0.4) is 0 Å². The van der Waals surface area contributed by atoms with Crippen LogP contribution in [0.25, 0.3) is 10.9 Å². The second kappa shape index (κ2) is 8.78. The van der Waals surface area contributed by atoms with E-state index in [0.29, 0.717) is 29.1 Å². The monoisotopic (exact) mass is 434 g/mol. The summed E-state index contributed by atoms with van der Waals surface area (Å²) in [4.78, 5) is 31.2. The van der Waals surface area contributed by atoms with Crippen molar-refractivity contribution in [1.82, 2.24) is 25.0 Å². The van der Waals surface area contributed by atoms with Crippen LogP contribution in [0.1, 0.15) is 27.3 Å². The van der Waals surface area contributed by atoms with Crippen molar-refractivity contribution >= 4 is 34.5 Å². The largest absolute Gasteiger partial charge is 0.343 e. The quantitative estimate of drug-likeness (QED) is 0.659. The van der Waals surface area contributed by atoms with Crippen molar-refractivity contribution in [3.05, 3.63) is 59.0 Å². The van der Waals surface area contributed by atoms with Gasteiger partial charge in [-0.15, -0.1) is 11.8 Å². The Hall–Kier alpha value is -3.38. The van der Waals surface area contributed by atoms with Gasteiger partial charge in [0.2, 0.25) is 5.91 Å². The minimum absolute atomic E-state index is 0.143. The molecule has 4 rings (SSSR count). The summed E-state index contributed by atoms with van der Waals surface area (Å²) >= 11 is 1.54.